The molecule has 1 aliphatic rings. The minimum absolute atomic E-state index is 0.286. The molecular weight excluding hydrogens is 236 g/mol. The molecule has 1 saturated heterocycles. The van der Waals surface area contributed by atoms with Gasteiger partial charge in [0.2, 0.25) is 0 Å². The third-order valence-electron chi connectivity index (χ3n) is 2.77. The van der Waals surface area contributed by atoms with Crippen molar-refractivity contribution in [3.63, 3.8) is 0 Å². The fourth-order valence-corrected chi connectivity index (χ4v) is 2.41. The Hall–Kier alpha value is -1.14. The summed E-state index contributed by atoms with van der Waals surface area (Å²) in [6.45, 7) is 4.19. The molecule has 5 nitrogen and oxygen atoms in total. The SMILES string of the molecule is Cc1ncsc1CN=C(N)NCC1CCCO1. The van der Waals surface area contributed by atoms with E-state index in [1.54, 1.807) is 11.3 Å². The van der Waals surface area contributed by atoms with Crippen LogP contribution in [0.2, 0.25) is 0 Å². The van der Waals surface area contributed by atoms with E-state index < -0.39 is 0 Å². The van der Waals surface area contributed by atoms with Crippen molar-refractivity contribution in [3.05, 3.63) is 16.1 Å². The van der Waals surface area contributed by atoms with E-state index in [-0.39, 0.29) is 6.10 Å². The van der Waals surface area contributed by atoms with Crippen LogP contribution < -0.4 is 11.1 Å². The summed E-state index contributed by atoms with van der Waals surface area (Å²) >= 11 is 1.61. The Kier molecular flexibility index (Phi) is 4.33. The molecule has 1 atom stereocenters. The van der Waals surface area contributed by atoms with Crippen molar-refractivity contribution in [1.82, 2.24) is 10.3 Å². The predicted molar refractivity (Wildman–Crippen MR) is 69.2 cm³/mol. The summed E-state index contributed by atoms with van der Waals surface area (Å²) in [6.07, 6.45) is 2.53. The maximum Gasteiger partial charge on any atom is 0.189 e. The van der Waals surface area contributed by atoms with Crippen molar-refractivity contribution in [2.45, 2.75) is 32.4 Å². The monoisotopic (exact) mass is 254 g/mol. The minimum Gasteiger partial charge on any atom is -0.376 e. The van der Waals surface area contributed by atoms with Gasteiger partial charge in [-0.3, -0.25) is 0 Å². The molecule has 17 heavy (non-hydrogen) atoms. The molecule has 2 rings (SSSR count). The normalized spacial score (nSPS) is 20.8. The van der Waals surface area contributed by atoms with Crippen LogP contribution in [0, 0.1) is 6.92 Å². The molecule has 1 fully saturated rings. The van der Waals surface area contributed by atoms with Gasteiger partial charge in [-0.05, 0) is 19.8 Å². The first-order chi connectivity index (χ1) is 8.25. The Bertz CT molecular complexity index is 385. The number of hydrogen-bond donors (Lipinski definition) is 2. The molecule has 6 heteroatoms. The third-order valence-corrected chi connectivity index (χ3v) is 3.69. The molecule has 0 spiro atoms. The summed E-state index contributed by atoms with van der Waals surface area (Å²) in [4.78, 5) is 9.62. The minimum atomic E-state index is 0.286. The van der Waals surface area contributed by atoms with Gasteiger partial charge in [-0.25, -0.2) is 9.98 Å². The maximum absolute atomic E-state index is 5.79. The number of rotatable bonds is 4. The number of aromatic nitrogens is 1. The summed E-state index contributed by atoms with van der Waals surface area (Å²) in [5, 5.41) is 3.09. The van der Waals surface area contributed by atoms with Crippen molar-refractivity contribution < 1.29 is 4.74 Å². The lowest BCUT2D eigenvalue weighted by Gasteiger charge is -2.10. The van der Waals surface area contributed by atoms with Crippen molar-refractivity contribution >= 4 is 17.3 Å². The lowest BCUT2D eigenvalue weighted by Crippen LogP contribution is -2.37. The van der Waals surface area contributed by atoms with Crippen LogP contribution in [0.15, 0.2) is 10.5 Å². The topological polar surface area (TPSA) is 72.5 Å². The molecule has 0 saturated carbocycles. The zero-order valence-corrected chi connectivity index (χ0v) is 10.8. The van der Waals surface area contributed by atoms with Crippen molar-refractivity contribution in [2.75, 3.05) is 13.2 Å². The Morgan fingerprint density at radius 2 is 2.65 bits per heavy atom. The first-order valence-corrected chi connectivity index (χ1v) is 6.68. The molecular formula is C11H18N4OS. The van der Waals surface area contributed by atoms with Gasteiger partial charge in [0, 0.05) is 18.0 Å². The highest BCUT2D eigenvalue weighted by Crippen LogP contribution is 2.13. The first kappa shape index (κ1) is 12.3. The fraction of sp³-hybridized carbons (Fsp3) is 0.636. The summed E-state index contributed by atoms with van der Waals surface area (Å²) in [5.41, 5.74) is 8.65. The van der Waals surface area contributed by atoms with Crippen LogP contribution >= 0.6 is 11.3 Å². The van der Waals surface area contributed by atoms with Gasteiger partial charge in [0.1, 0.15) is 0 Å². The van der Waals surface area contributed by atoms with E-state index in [2.05, 4.69) is 15.3 Å². The van der Waals surface area contributed by atoms with E-state index in [1.165, 1.54) is 0 Å². The average Bonchev–Trinajstić information content (AvgIpc) is 2.95. The summed E-state index contributed by atoms with van der Waals surface area (Å²) < 4.78 is 5.49. The highest BCUT2D eigenvalue weighted by atomic mass is 32.1. The first-order valence-electron chi connectivity index (χ1n) is 5.80. The molecule has 1 aliphatic heterocycles. The Balaban J connectivity index is 1.75. The average molecular weight is 254 g/mol. The molecule has 3 N–H and O–H groups in total. The van der Waals surface area contributed by atoms with Gasteiger partial charge in [0.25, 0.3) is 0 Å². The van der Waals surface area contributed by atoms with E-state index in [9.17, 15) is 0 Å². The van der Waals surface area contributed by atoms with E-state index in [1.807, 2.05) is 12.4 Å². The lowest BCUT2D eigenvalue weighted by molar-refractivity contribution is 0.114. The lowest BCUT2D eigenvalue weighted by atomic mass is 10.2. The van der Waals surface area contributed by atoms with Gasteiger partial charge >= 0.3 is 0 Å². The Labute approximate surface area is 105 Å². The van der Waals surface area contributed by atoms with Gasteiger partial charge in [0.15, 0.2) is 5.96 Å². The van der Waals surface area contributed by atoms with Crippen LogP contribution in [0.1, 0.15) is 23.4 Å². The number of nitrogens with two attached hydrogens (primary N) is 1. The highest BCUT2D eigenvalue weighted by molar-refractivity contribution is 7.09. The van der Waals surface area contributed by atoms with Crippen LogP contribution in [0.5, 0.6) is 0 Å². The standard InChI is InChI=1S/C11H18N4OS/c1-8-10(17-7-15-8)6-14-11(12)13-5-9-3-2-4-16-9/h7,9H,2-6H2,1H3,(H3,12,13,14). The fourth-order valence-electron chi connectivity index (χ4n) is 1.71. The third kappa shape index (κ3) is 3.67. The summed E-state index contributed by atoms with van der Waals surface area (Å²) in [5.74, 6) is 0.480. The number of hydrogen-bond acceptors (Lipinski definition) is 4. The van der Waals surface area contributed by atoms with Crippen LogP contribution in [-0.2, 0) is 11.3 Å². The summed E-state index contributed by atoms with van der Waals surface area (Å²) in [7, 11) is 0. The molecule has 94 valence electrons. The van der Waals surface area contributed by atoms with Gasteiger partial charge in [-0.15, -0.1) is 11.3 Å². The van der Waals surface area contributed by atoms with Crippen LogP contribution in [-0.4, -0.2) is 30.2 Å². The zero-order chi connectivity index (χ0) is 12.1. The molecule has 2 heterocycles. The number of aryl methyl sites for hydroxylation is 1. The second kappa shape index (κ2) is 5.97. The van der Waals surface area contributed by atoms with Gasteiger partial charge in [0.05, 0.1) is 23.9 Å². The van der Waals surface area contributed by atoms with Crippen molar-refractivity contribution in [3.8, 4) is 0 Å². The van der Waals surface area contributed by atoms with Crippen molar-refractivity contribution in [2.24, 2.45) is 10.7 Å². The molecule has 0 aliphatic carbocycles. The van der Waals surface area contributed by atoms with Crippen LogP contribution in [0.25, 0.3) is 0 Å². The summed E-state index contributed by atoms with van der Waals surface area (Å²) in [6, 6.07) is 0. The number of ether oxygens (including phenoxy) is 1. The molecule has 0 aromatic carbocycles. The zero-order valence-electron chi connectivity index (χ0n) is 9.98. The molecule has 1 aromatic heterocycles. The second-order valence-electron chi connectivity index (χ2n) is 4.08. The number of nitrogens with zero attached hydrogens (tertiary/aromatic N) is 2. The number of thiazole rings is 1. The molecule has 0 radical (unpaired) electrons. The van der Waals surface area contributed by atoms with Gasteiger partial charge in [-0.2, -0.15) is 0 Å². The van der Waals surface area contributed by atoms with Gasteiger partial charge < -0.3 is 15.8 Å². The Morgan fingerprint density at radius 1 is 1.76 bits per heavy atom. The van der Waals surface area contributed by atoms with Crippen LogP contribution in [0.4, 0.5) is 0 Å². The van der Waals surface area contributed by atoms with Crippen molar-refractivity contribution in [1.29, 1.82) is 0 Å². The second-order valence-corrected chi connectivity index (χ2v) is 5.02. The largest absolute Gasteiger partial charge is 0.376 e. The smallest absolute Gasteiger partial charge is 0.189 e. The number of nitrogens with one attached hydrogen (secondary N) is 1. The highest BCUT2D eigenvalue weighted by Gasteiger charge is 2.14. The molecule has 0 amide bonds. The molecule has 0 bridgehead atoms. The van der Waals surface area contributed by atoms with Gasteiger partial charge in [-0.1, -0.05) is 0 Å². The molecule has 1 aromatic rings. The predicted octanol–water partition coefficient (Wildman–Crippen LogP) is 1.03. The maximum atomic E-state index is 5.79. The van der Waals surface area contributed by atoms with E-state index in [4.69, 9.17) is 10.5 Å². The quantitative estimate of drug-likeness (QED) is 0.622. The number of aliphatic imine (C=N–C) groups is 1. The van der Waals surface area contributed by atoms with E-state index >= 15 is 0 Å². The Morgan fingerprint density at radius 3 is 3.29 bits per heavy atom. The van der Waals surface area contributed by atoms with E-state index in [0.29, 0.717) is 12.5 Å². The molecule has 1 unspecified atom stereocenters. The number of guanidine groups is 1. The van der Waals surface area contributed by atoms with E-state index in [0.717, 1.165) is 36.6 Å². The van der Waals surface area contributed by atoms with Crippen LogP contribution in [0.3, 0.4) is 0 Å².